The Morgan fingerprint density at radius 1 is 0.964 bits per heavy atom. The number of nitrogens with one attached hydrogen (secondary N) is 3. The van der Waals surface area contributed by atoms with Gasteiger partial charge in [-0.1, -0.05) is 19.9 Å². The Kier molecular flexibility index (Phi) is 9.70. The van der Waals surface area contributed by atoms with Gasteiger partial charge in [0.15, 0.2) is 5.82 Å². The van der Waals surface area contributed by atoms with E-state index in [-0.39, 0.29) is 66.9 Å². The predicted molar refractivity (Wildman–Crippen MR) is 207 cm³/mol. The fraction of sp³-hybridized carbons (Fsp3) is 0.366. The lowest BCUT2D eigenvalue weighted by molar-refractivity contribution is -0.137. The number of benzene rings is 3. The van der Waals surface area contributed by atoms with Crippen LogP contribution in [0.2, 0.25) is 0 Å². The number of aromatic nitrogens is 4. The van der Waals surface area contributed by atoms with Crippen molar-refractivity contribution in [1.82, 2.24) is 34.4 Å². The number of rotatable bonds is 10. The number of aromatic amines is 1. The molecule has 0 spiro atoms. The molecule has 1 atom stereocenters. The summed E-state index contributed by atoms with van der Waals surface area (Å²) in [5.74, 6) is -0.710. The number of phenols is 2. The zero-order valence-corrected chi connectivity index (χ0v) is 31.2. The molecule has 0 bridgehead atoms. The molecule has 3 aromatic carbocycles. The largest absolute Gasteiger partial charge is 0.508 e. The van der Waals surface area contributed by atoms with E-state index in [1.165, 1.54) is 15.5 Å². The molecule has 3 aliphatic rings. The third-order valence-electron chi connectivity index (χ3n) is 11.4. The second kappa shape index (κ2) is 14.8. The highest BCUT2D eigenvalue weighted by Gasteiger charge is 2.40. The Balaban J connectivity index is 0.860. The van der Waals surface area contributed by atoms with Crippen LogP contribution in [0.3, 0.4) is 0 Å². The number of anilines is 1. The van der Waals surface area contributed by atoms with Crippen molar-refractivity contribution in [3.63, 3.8) is 0 Å². The fourth-order valence-corrected chi connectivity index (χ4v) is 8.32. The zero-order valence-electron chi connectivity index (χ0n) is 31.2. The number of likely N-dealkylation sites (tertiary alicyclic amines) is 1. The third kappa shape index (κ3) is 6.94. The molecular formula is C41H44N8O7. The summed E-state index contributed by atoms with van der Waals surface area (Å²) >= 11 is 0. The number of imide groups is 1. The van der Waals surface area contributed by atoms with Crippen LogP contribution in [0.4, 0.5) is 5.69 Å². The first kappa shape index (κ1) is 36.7. The summed E-state index contributed by atoms with van der Waals surface area (Å²) < 4.78 is 3.63. The average molecular weight is 761 g/mol. The van der Waals surface area contributed by atoms with Gasteiger partial charge in [-0.15, -0.1) is 0 Å². The van der Waals surface area contributed by atoms with Crippen molar-refractivity contribution in [2.24, 2.45) is 5.92 Å². The summed E-state index contributed by atoms with van der Waals surface area (Å²) in [6.07, 6.45) is 5.40. The van der Waals surface area contributed by atoms with Crippen LogP contribution in [0.15, 0.2) is 65.6 Å². The van der Waals surface area contributed by atoms with Crippen molar-refractivity contribution in [2.45, 2.75) is 71.0 Å². The van der Waals surface area contributed by atoms with Crippen LogP contribution < -0.4 is 16.3 Å². The summed E-state index contributed by atoms with van der Waals surface area (Å²) in [5.41, 5.74) is 3.85. The van der Waals surface area contributed by atoms with Gasteiger partial charge in [0.25, 0.3) is 5.91 Å². The van der Waals surface area contributed by atoms with Gasteiger partial charge in [0, 0.05) is 59.5 Å². The molecule has 0 saturated carbocycles. The number of aromatic hydroxyl groups is 2. The molecular weight excluding hydrogens is 717 g/mol. The number of hydrogen-bond acceptors (Lipinski definition) is 9. The predicted octanol–water partition coefficient (Wildman–Crippen LogP) is 4.22. The second-order valence-electron chi connectivity index (χ2n) is 15.3. The topological polar surface area (TPSA) is 195 Å². The number of aryl methyl sites for hydroxylation is 1. The lowest BCUT2D eigenvalue weighted by Crippen LogP contribution is -2.52. The van der Waals surface area contributed by atoms with E-state index < -0.39 is 17.6 Å². The zero-order chi connectivity index (χ0) is 39.2. The van der Waals surface area contributed by atoms with Gasteiger partial charge in [-0.2, -0.15) is 5.10 Å². The summed E-state index contributed by atoms with van der Waals surface area (Å²) in [5, 5.41) is 34.0. The molecule has 15 heteroatoms. The van der Waals surface area contributed by atoms with Gasteiger partial charge in [-0.05, 0) is 98.6 Å². The van der Waals surface area contributed by atoms with Crippen LogP contribution in [0.1, 0.15) is 73.4 Å². The average Bonchev–Trinajstić information content (AvgIpc) is 3.86. The minimum absolute atomic E-state index is 0.0101. The quantitative estimate of drug-likeness (QED) is 0.130. The van der Waals surface area contributed by atoms with E-state index >= 15 is 0 Å². The van der Waals surface area contributed by atoms with Gasteiger partial charge in [0.1, 0.15) is 17.5 Å². The molecule has 0 aliphatic carbocycles. The molecule has 4 amide bonds. The van der Waals surface area contributed by atoms with Crippen LogP contribution in [0.25, 0.3) is 28.0 Å². The molecule has 5 heterocycles. The highest BCUT2D eigenvalue weighted by molar-refractivity contribution is 6.07. The van der Waals surface area contributed by atoms with Gasteiger partial charge in [0.05, 0.1) is 17.8 Å². The van der Waals surface area contributed by atoms with Crippen LogP contribution in [-0.4, -0.2) is 88.6 Å². The number of amides is 4. The number of piperidine rings is 2. The first-order valence-electron chi connectivity index (χ1n) is 19.1. The van der Waals surface area contributed by atoms with E-state index in [4.69, 9.17) is 0 Å². The summed E-state index contributed by atoms with van der Waals surface area (Å²) in [7, 11) is 0. The number of fused-ring (bicyclic) bond motifs is 2. The van der Waals surface area contributed by atoms with Gasteiger partial charge in [0.2, 0.25) is 17.7 Å². The Hall–Kier alpha value is -6.22. The van der Waals surface area contributed by atoms with Crippen LogP contribution >= 0.6 is 0 Å². The van der Waals surface area contributed by atoms with Crippen molar-refractivity contribution < 1.29 is 29.4 Å². The minimum Gasteiger partial charge on any atom is -0.508 e. The molecule has 3 aliphatic heterocycles. The highest BCUT2D eigenvalue weighted by Crippen LogP contribution is 2.38. The van der Waals surface area contributed by atoms with Crippen LogP contribution in [-0.2, 0) is 27.5 Å². The molecule has 8 rings (SSSR count). The molecule has 5 aromatic rings. The summed E-state index contributed by atoms with van der Waals surface area (Å²) in [4.78, 5) is 67.1. The Morgan fingerprint density at radius 2 is 1.77 bits per heavy atom. The van der Waals surface area contributed by atoms with Crippen molar-refractivity contribution in [3.8, 4) is 28.6 Å². The summed E-state index contributed by atoms with van der Waals surface area (Å²) in [6, 6.07) is 15.2. The molecule has 5 N–H and O–H groups in total. The molecule has 2 aromatic heterocycles. The third-order valence-corrected chi connectivity index (χ3v) is 11.4. The standard InChI is InChI=1S/C41H44N8O7/c1-23(2)28-19-29(35(51)20-34(28)50)38-44-45-41(56)49(38)26-6-7-32-25(18-26)13-17-47(32)16-12-24-10-14-46(15-11-24)22-37(53)42-31-5-3-4-27-30(31)21-48(40(27)55)33-8-9-36(52)43-39(33)54/h3-7,13,17-20,23-24,33,50-51H,8-12,14-16,21-22H2,1-2H3,(H,42,53)(H,45,56)(H,43,52,54). The Bertz CT molecular complexity index is 2440. The normalized spacial score (nSPS) is 17.9. The molecule has 290 valence electrons. The smallest absolute Gasteiger partial charge is 0.348 e. The van der Waals surface area contributed by atoms with Crippen molar-refractivity contribution in [3.05, 3.63) is 88.0 Å². The van der Waals surface area contributed by atoms with Gasteiger partial charge < -0.3 is 25.0 Å². The SMILES string of the molecule is CC(C)c1cc(-c2n[nH]c(=O)n2-c2ccc3c(ccn3CCC3CCN(CC(=O)Nc4cccc5c4CN(C4CCC(=O)NC4=O)C5=O)CC3)c2)c(O)cc1O. The second-order valence-corrected chi connectivity index (χ2v) is 15.3. The number of H-pyrrole nitrogens is 1. The highest BCUT2D eigenvalue weighted by atomic mass is 16.3. The molecule has 1 unspecified atom stereocenters. The Morgan fingerprint density at radius 3 is 2.54 bits per heavy atom. The fourth-order valence-electron chi connectivity index (χ4n) is 8.32. The summed E-state index contributed by atoms with van der Waals surface area (Å²) in [6.45, 7) is 6.69. The van der Waals surface area contributed by atoms with Crippen molar-refractivity contribution in [2.75, 3.05) is 25.0 Å². The van der Waals surface area contributed by atoms with Crippen molar-refractivity contribution in [1.29, 1.82) is 0 Å². The van der Waals surface area contributed by atoms with Crippen molar-refractivity contribution >= 4 is 40.2 Å². The molecule has 2 fully saturated rings. The Labute approximate surface area is 321 Å². The number of hydrogen-bond donors (Lipinski definition) is 5. The lowest BCUT2D eigenvalue weighted by atomic mass is 9.93. The number of carbonyl (C=O) groups is 4. The monoisotopic (exact) mass is 760 g/mol. The maximum absolute atomic E-state index is 13.2. The van der Waals surface area contributed by atoms with Gasteiger partial charge >= 0.3 is 5.69 Å². The van der Waals surface area contributed by atoms with Gasteiger partial charge in [-0.3, -0.25) is 29.4 Å². The van der Waals surface area contributed by atoms with E-state index in [0.29, 0.717) is 39.5 Å². The molecule has 56 heavy (non-hydrogen) atoms. The van der Waals surface area contributed by atoms with Crippen LogP contribution in [0, 0.1) is 5.92 Å². The van der Waals surface area contributed by atoms with Gasteiger partial charge in [-0.25, -0.2) is 14.5 Å². The van der Waals surface area contributed by atoms with E-state index in [9.17, 15) is 34.2 Å². The molecule has 0 radical (unpaired) electrons. The first-order chi connectivity index (χ1) is 26.9. The first-order valence-corrected chi connectivity index (χ1v) is 19.1. The van der Waals surface area contributed by atoms with E-state index in [0.717, 1.165) is 49.8 Å². The van der Waals surface area contributed by atoms with E-state index in [1.807, 2.05) is 44.3 Å². The van der Waals surface area contributed by atoms with E-state index in [2.05, 4.69) is 30.3 Å². The minimum atomic E-state index is -0.719. The lowest BCUT2D eigenvalue weighted by Gasteiger charge is -2.31. The van der Waals surface area contributed by atoms with Crippen LogP contribution in [0.5, 0.6) is 11.5 Å². The maximum atomic E-state index is 13.2. The molecule has 15 nitrogen and oxygen atoms in total. The maximum Gasteiger partial charge on any atom is 0.348 e. The number of carbonyl (C=O) groups excluding carboxylic acids is 4. The number of nitrogens with zero attached hydrogens (tertiary/aromatic N) is 5. The number of phenolic OH excluding ortho intramolecular Hbond substituents is 2. The van der Waals surface area contributed by atoms with E-state index in [1.54, 1.807) is 24.3 Å². The molecule has 2 saturated heterocycles.